The summed E-state index contributed by atoms with van der Waals surface area (Å²) in [6.07, 6.45) is 0. The van der Waals surface area contributed by atoms with Crippen LogP contribution in [0.3, 0.4) is 0 Å². The van der Waals surface area contributed by atoms with Gasteiger partial charge in [-0.15, -0.1) is 0 Å². The summed E-state index contributed by atoms with van der Waals surface area (Å²) in [7, 11) is 1.65. The molecule has 0 aliphatic heterocycles. The van der Waals surface area contributed by atoms with Crippen molar-refractivity contribution in [1.82, 2.24) is 5.06 Å². The average molecular weight is 165 g/mol. The Morgan fingerprint density at radius 3 is 2.42 bits per heavy atom. The average Bonchev–Trinajstić information content (AvgIpc) is 1.96. The van der Waals surface area contributed by atoms with Gasteiger partial charge >= 0.3 is 0 Å². The minimum atomic E-state index is 0.584. The molecule has 0 unspecified atom stereocenters. The van der Waals surface area contributed by atoms with Gasteiger partial charge in [0, 0.05) is 13.6 Å². The van der Waals surface area contributed by atoms with Crippen molar-refractivity contribution >= 4 is 0 Å². The third kappa shape index (κ3) is 2.32. The summed E-state index contributed by atoms with van der Waals surface area (Å²) >= 11 is 0. The van der Waals surface area contributed by atoms with Gasteiger partial charge in [-0.05, 0) is 30.5 Å². The molecule has 1 rings (SSSR count). The lowest BCUT2D eigenvalue weighted by atomic mass is 10.1. The fraction of sp³-hybridized carbons (Fsp3) is 0.400. The third-order valence-electron chi connectivity index (χ3n) is 1.98. The molecule has 0 saturated heterocycles. The van der Waals surface area contributed by atoms with E-state index in [9.17, 15) is 0 Å². The Hall–Kier alpha value is -0.860. The van der Waals surface area contributed by atoms with E-state index in [-0.39, 0.29) is 0 Å². The molecule has 1 aromatic carbocycles. The van der Waals surface area contributed by atoms with Crippen LogP contribution in [0.1, 0.15) is 16.7 Å². The van der Waals surface area contributed by atoms with Crippen LogP contribution in [0.15, 0.2) is 18.2 Å². The van der Waals surface area contributed by atoms with Crippen LogP contribution in [0.5, 0.6) is 0 Å². The Morgan fingerprint density at radius 1 is 1.25 bits per heavy atom. The molecule has 0 aliphatic carbocycles. The lowest BCUT2D eigenvalue weighted by Gasteiger charge is -2.09. The molecule has 66 valence electrons. The van der Waals surface area contributed by atoms with Crippen molar-refractivity contribution in [2.45, 2.75) is 20.4 Å². The molecule has 2 heteroatoms. The van der Waals surface area contributed by atoms with Crippen LogP contribution in [0, 0.1) is 13.8 Å². The molecule has 1 N–H and O–H groups in total. The predicted octanol–water partition coefficient (Wildman–Crippen LogP) is 2.12. The molecule has 2 nitrogen and oxygen atoms in total. The molecule has 0 radical (unpaired) electrons. The Labute approximate surface area is 73.4 Å². The van der Waals surface area contributed by atoms with E-state index in [0.29, 0.717) is 6.54 Å². The monoisotopic (exact) mass is 165 g/mol. The third-order valence-corrected chi connectivity index (χ3v) is 1.98. The number of hydroxylamine groups is 2. The lowest BCUT2D eigenvalue weighted by Crippen LogP contribution is -2.11. The van der Waals surface area contributed by atoms with Gasteiger partial charge in [0.2, 0.25) is 0 Å². The van der Waals surface area contributed by atoms with E-state index >= 15 is 0 Å². The van der Waals surface area contributed by atoms with Gasteiger partial charge < -0.3 is 5.21 Å². The summed E-state index contributed by atoms with van der Waals surface area (Å²) in [6, 6.07) is 6.21. The van der Waals surface area contributed by atoms with E-state index in [1.807, 2.05) is 6.07 Å². The highest BCUT2D eigenvalue weighted by atomic mass is 16.5. The predicted molar refractivity (Wildman–Crippen MR) is 49.2 cm³/mol. The molecule has 0 amide bonds. The zero-order valence-corrected chi connectivity index (χ0v) is 7.83. The van der Waals surface area contributed by atoms with Gasteiger partial charge in [-0.3, -0.25) is 0 Å². The Morgan fingerprint density at radius 2 is 1.92 bits per heavy atom. The zero-order chi connectivity index (χ0) is 9.14. The van der Waals surface area contributed by atoms with E-state index < -0.39 is 0 Å². The molecule has 0 aliphatic rings. The standard InChI is InChI=1S/C10H15NO/c1-8-4-5-10(6-9(8)2)7-11(3)12/h4-6,12H,7H2,1-3H3. The summed E-state index contributed by atoms with van der Waals surface area (Å²) in [6.45, 7) is 4.75. The summed E-state index contributed by atoms with van der Waals surface area (Å²) in [5.74, 6) is 0. The van der Waals surface area contributed by atoms with Gasteiger partial charge in [-0.25, -0.2) is 0 Å². The highest BCUT2D eigenvalue weighted by Gasteiger charge is 1.97. The van der Waals surface area contributed by atoms with Gasteiger partial charge in [0.15, 0.2) is 0 Å². The molecular formula is C10H15NO. The molecule has 0 atom stereocenters. The smallest absolute Gasteiger partial charge is 0.0485 e. The number of aryl methyl sites for hydroxylation is 2. The molecule has 0 heterocycles. The Kier molecular flexibility index (Phi) is 2.84. The number of hydrogen-bond acceptors (Lipinski definition) is 2. The van der Waals surface area contributed by atoms with Crippen LogP contribution in [-0.2, 0) is 6.54 Å². The van der Waals surface area contributed by atoms with Crippen LogP contribution >= 0.6 is 0 Å². The fourth-order valence-corrected chi connectivity index (χ4v) is 1.17. The molecular weight excluding hydrogens is 150 g/mol. The van der Waals surface area contributed by atoms with Crippen molar-refractivity contribution < 1.29 is 5.21 Å². The van der Waals surface area contributed by atoms with Crippen LogP contribution in [-0.4, -0.2) is 17.3 Å². The SMILES string of the molecule is Cc1ccc(CN(C)O)cc1C. The lowest BCUT2D eigenvalue weighted by molar-refractivity contribution is -0.0731. The topological polar surface area (TPSA) is 23.5 Å². The molecule has 0 aromatic heterocycles. The fourth-order valence-electron chi connectivity index (χ4n) is 1.17. The molecule has 0 bridgehead atoms. The second kappa shape index (κ2) is 3.70. The number of benzene rings is 1. The summed E-state index contributed by atoms with van der Waals surface area (Å²) in [5, 5.41) is 10.2. The second-order valence-electron chi connectivity index (χ2n) is 3.23. The normalized spacial score (nSPS) is 10.8. The molecule has 0 saturated carbocycles. The highest BCUT2D eigenvalue weighted by Crippen LogP contribution is 2.10. The number of hydrogen-bond donors (Lipinski definition) is 1. The van der Waals surface area contributed by atoms with Crippen LogP contribution in [0.4, 0.5) is 0 Å². The maximum absolute atomic E-state index is 9.00. The van der Waals surface area contributed by atoms with E-state index in [1.165, 1.54) is 16.2 Å². The molecule has 12 heavy (non-hydrogen) atoms. The minimum absolute atomic E-state index is 0.584. The van der Waals surface area contributed by atoms with Crippen molar-refractivity contribution in [3.63, 3.8) is 0 Å². The molecule has 0 spiro atoms. The Balaban J connectivity index is 2.82. The minimum Gasteiger partial charge on any atom is -0.314 e. The molecule has 1 aromatic rings. The second-order valence-corrected chi connectivity index (χ2v) is 3.23. The maximum Gasteiger partial charge on any atom is 0.0485 e. The number of nitrogens with zero attached hydrogens (tertiary/aromatic N) is 1. The number of rotatable bonds is 2. The first-order valence-electron chi connectivity index (χ1n) is 4.06. The van der Waals surface area contributed by atoms with Gasteiger partial charge in [0.1, 0.15) is 0 Å². The van der Waals surface area contributed by atoms with E-state index in [4.69, 9.17) is 5.21 Å². The first-order chi connectivity index (χ1) is 5.59. The van der Waals surface area contributed by atoms with E-state index in [0.717, 1.165) is 5.56 Å². The van der Waals surface area contributed by atoms with Crippen LogP contribution in [0.2, 0.25) is 0 Å². The Bertz CT molecular complexity index is 269. The van der Waals surface area contributed by atoms with Gasteiger partial charge in [0.25, 0.3) is 0 Å². The first-order valence-corrected chi connectivity index (χ1v) is 4.06. The quantitative estimate of drug-likeness (QED) is 0.678. The van der Waals surface area contributed by atoms with Gasteiger partial charge in [0.05, 0.1) is 0 Å². The van der Waals surface area contributed by atoms with Gasteiger partial charge in [-0.1, -0.05) is 18.2 Å². The van der Waals surface area contributed by atoms with Crippen LogP contribution in [0.25, 0.3) is 0 Å². The largest absolute Gasteiger partial charge is 0.314 e. The summed E-state index contributed by atoms with van der Waals surface area (Å²) < 4.78 is 0. The van der Waals surface area contributed by atoms with Crippen molar-refractivity contribution in [1.29, 1.82) is 0 Å². The summed E-state index contributed by atoms with van der Waals surface area (Å²) in [5.41, 5.74) is 3.71. The maximum atomic E-state index is 9.00. The van der Waals surface area contributed by atoms with Crippen LogP contribution < -0.4 is 0 Å². The summed E-state index contributed by atoms with van der Waals surface area (Å²) in [4.78, 5) is 0. The van der Waals surface area contributed by atoms with E-state index in [2.05, 4.69) is 26.0 Å². The molecule has 0 fully saturated rings. The van der Waals surface area contributed by atoms with Crippen molar-refractivity contribution in [2.24, 2.45) is 0 Å². The van der Waals surface area contributed by atoms with Crippen molar-refractivity contribution in [2.75, 3.05) is 7.05 Å². The zero-order valence-electron chi connectivity index (χ0n) is 7.83. The van der Waals surface area contributed by atoms with Crippen molar-refractivity contribution in [3.8, 4) is 0 Å². The van der Waals surface area contributed by atoms with Crippen molar-refractivity contribution in [3.05, 3.63) is 34.9 Å². The highest BCUT2D eigenvalue weighted by molar-refractivity contribution is 5.29. The first kappa shape index (κ1) is 9.23. The van der Waals surface area contributed by atoms with E-state index in [1.54, 1.807) is 7.05 Å². The van der Waals surface area contributed by atoms with Gasteiger partial charge in [-0.2, -0.15) is 5.06 Å².